The van der Waals surface area contributed by atoms with Crippen molar-refractivity contribution >= 4 is 0 Å². The quantitative estimate of drug-likeness (QED) is 0.735. The Morgan fingerprint density at radius 3 is 2.45 bits per heavy atom. The lowest BCUT2D eigenvalue weighted by Crippen LogP contribution is -1.97. The van der Waals surface area contributed by atoms with Crippen molar-refractivity contribution < 1.29 is 4.74 Å². The fourth-order valence-electron chi connectivity index (χ4n) is 2.07. The molecule has 4 heteroatoms. The van der Waals surface area contributed by atoms with Crippen LogP contribution in [0.25, 0.3) is 11.4 Å². The molecule has 3 aromatic rings. The first-order valence-corrected chi connectivity index (χ1v) is 6.85. The van der Waals surface area contributed by atoms with Gasteiger partial charge in [-0.15, -0.1) is 0 Å². The molecular formula is C18H13N3O. The third kappa shape index (κ3) is 3.10. The van der Waals surface area contributed by atoms with Crippen molar-refractivity contribution in [1.82, 2.24) is 9.97 Å². The van der Waals surface area contributed by atoms with Crippen molar-refractivity contribution in [3.8, 4) is 23.2 Å². The van der Waals surface area contributed by atoms with Crippen LogP contribution >= 0.6 is 0 Å². The Bertz CT molecular complexity index is 796. The van der Waals surface area contributed by atoms with Gasteiger partial charge in [0.05, 0.1) is 5.56 Å². The second-order valence-electron chi connectivity index (χ2n) is 4.67. The molecule has 0 amide bonds. The molecule has 0 fully saturated rings. The molecule has 0 unspecified atom stereocenters. The summed E-state index contributed by atoms with van der Waals surface area (Å²) in [7, 11) is 0. The molecule has 1 heterocycles. The summed E-state index contributed by atoms with van der Waals surface area (Å²) < 4.78 is 5.74. The van der Waals surface area contributed by atoms with Crippen LogP contribution in [-0.4, -0.2) is 9.97 Å². The zero-order chi connectivity index (χ0) is 15.2. The van der Waals surface area contributed by atoms with E-state index in [2.05, 4.69) is 16.0 Å². The summed E-state index contributed by atoms with van der Waals surface area (Å²) in [5.74, 6) is 1.15. The zero-order valence-corrected chi connectivity index (χ0v) is 11.8. The Labute approximate surface area is 128 Å². The molecular weight excluding hydrogens is 274 g/mol. The van der Waals surface area contributed by atoms with E-state index in [0.29, 0.717) is 23.7 Å². The van der Waals surface area contributed by atoms with Gasteiger partial charge in [0, 0.05) is 18.0 Å². The number of benzene rings is 2. The summed E-state index contributed by atoms with van der Waals surface area (Å²) >= 11 is 0. The number of nitriles is 1. The predicted molar refractivity (Wildman–Crippen MR) is 83.0 cm³/mol. The Hall–Kier alpha value is -3.19. The van der Waals surface area contributed by atoms with Gasteiger partial charge in [-0.25, -0.2) is 9.97 Å². The van der Waals surface area contributed by atoms with Crippen LogP contribution in [0.15, 0.2) is 67.0 Å². The third-order valence-corrected chi connectivity index (χ3v) is 3.16. The lowest BCUT2D eigenvalue weighted by Gasteiger charge is -2.09. The van der Waals surface area contributed by atoms with E-state index in [4.69, 9.17) is 4.74 Å². The smallest absolute Gasteiger partial charge is 0.159 e. The maximum absolute atomic E-state index is 9.32. The van der Waals surface area contributed by atoms with Crippen LogP contribution in [0.4, 0.5) is 0 Å². The highest BCUT2D eigenvalue weighted by Gasteiger charge is 2.08. The molecule has 0 aliphatic carbocycles. The molecule has 0 atom stereocenters. The molecule has 0 radical (unpaired) electrons. The van der Waals surface area contributed by atoms with E-state index in [9.17, 15) is 5.26 Å². The highest BCUT2D eigenvalue weighted by Crippen LogP contribution is 2.24. The maximum Gasteiger partial charge on any atom is 0.159 e. The summed E-state index contributed by atoms with van der Waals surface area (Å²) in [6.45, 7) is 0.427. The first-order valence-electron chi connectivity index (χ1n) is 6.85. The van der Waals surface area contributed by atoms with Gasteiger partial charge in [-0.05, 0) is 29.8 Å². The number of rotatable bonds is 4. The standard InChI is InChI=1S/C18H13N3O/c19-12-16-11-15(18-20-9-4-10-21-18)7-8-17(16)22-13-14-5-2-1-3-6-14/h1-11H,13H2. The van der Waals surface area contributed by atoms with E-state index in [1.165, 1.54) is 0 Å². The van der Waals surface area contributed by atoms with Gasteiger partial charge in [-0.1, -0.05) is 30.3 Å². The SMILES string of the molecule is N#Cc1cc(-c2ncccn2)ccc1OCc1ccccc1. The van der Waals surface area contributed by atoms with E-state index < -0.39 is 0 Å². The van der Waals surface area contributed by atoms with E-state index in [1.807, 2.05) is 36.4 Å². The molecule has 0 aliphatic rings. The van der Waals surface area contributed by atoms with Crippen molar-refractivity contribution in [2.45, 2.75) is 6.61 Å². The molecule has 0 aliphatic heterocycles. The van der Waals surface area contributed by atoms with E-state index in [-0.39, 0.29) is 0 Å². The van der Waals surface area contributed by atoms with Crippen LogP contribution < -0.4 is 4.74 Å². The van der Waals surface area contributed by atoms with Gasteiger partial charge >= 0.3 is 0 Å². The highest BCUT2D eigenvalue weighted by molar-refractivity contribution is 5.61. The number of hydrogen-bond acceptors (Lipinski definition) is 4. The van der Waals surface area contributed by atoms with Crippen LogP contribution in [0.5, 0.6) is 5.75 Å². The highest BCUT2D eigenvalue weighted by atomic mass is 16.5. The van der Waals surface area contributed by atoms with E-state index >= 15 is 0 Å². The average molecular weight is 287 g/mol. The number of ether oxygens (including phenoxy) is 1. The largest absolute Gasteiger partial charge is 0.488 e. The zero-order valence-electron chi connectivity index (χ0n) is 11.8. The molecule has 0 saturated carbocycles. The summed E-state index contributed by atoms with van der Waals surface area (Å²) in [6, 6.07) is 19.1. The second kappa shape index (κ2) is 6.51. The van der Waals surface area contributed by atoms with Gasteiger partial charge in [0.2, 0.25) is 0 Å². The number of hydrogen-bond donors (Lipinski definition) is 0. The van der Waals surface area contributed by atoms with Crippen LogP contribution in [0, 0.1) is 11.3 Å². The van der Waals surface area contributed by atoms with Crippen LogP contribution in [0.1, 0.15) is 11.1 Å². The van der Waals surface area contributed by atoms with Crippen molar-refractivity contribution in [2.75, 3.05) is 0 Å². The third-order valence-electron chi connectivity index (χ3n) is 3.16. The maximum atomic E-state index is 9.32. The normalized spacial score (nSPS) is 9.95. The monoisotopic (exact) mass is 287 g/mol. The molecule has 0 bridgehead atoms. The van der Waals surface area contributed by atoms with Crippen LogP contribution in [0.2, 0.25) is 0 Å². The van der Waals surface area contributed by atoms with Gasteiger partial charge in [0.1, 0.15) is 18.4 Å². The molecule has 4 nitrogen and oxygen atoms in total. The predicted octanol–water partition coefficient (Wildman–Crippen LogP) is 3.59. The van der Waals surface area contributed by atoms with Gasteiger partial charge in [-0.2, -0.15) is 5.26 Å². The Balaban J connectivity index is 1.83. The average Bonchev–Trinajstić information content (AvgIpc) is 2.61. The lowest BCUT2D eigenvalue weighted by molar-refractivity contribution is 0.305. The Morgan fingerprint density at radius 2 is 1.73 bits per heavy atom. The van der Waals surface area contributed by atoms with Gasteiger partial charge in [0.15, 0.2) is 5.82 Å². The van der Waals surface area contributed by atoms with Crippen molar-refractivity contribution in [3.63, 3.8) is 0 Å². The summed E-state index contributed by atoms with van der Waals surface area (Å²) in [5, 5.41) is 9.32. The van der Waals surface area contributed by atoms with E-state index in [1.54, 1.807) is 30.6 Å². The Kier molecular flexibility index (Phi) is 4.08. The summed E-state index contributed by atoms with van der Waals surface area (Å²) in [5.41, 5.74) is 2.33. The lowest BCUT2D eigenvalue weighted by atomic mass is 10.1. The molecule has 0 N–H and O–H groups in total. The summed E-state index contributed by atoms with van der Waals surface area (Å²) in [6.07, 6.45) is 3.35. The van der Waals surface area contributed by atoms with Gasteiger partial charge in [-0.3, -0.25) is 0 Å². The fraction of sp³-hybridized carbons (Fsp3) is 0.0556. The van der Waals surface area contributed by atoms with Gasteiger partial charge in [0.25, 0.3) is 0 Å². The topological polar surface area (TPSA) is 58.8 Å². The Morgan fingerprint density at radius 1 is 0.955 bits per heavy atom. The van der Waals surface area contributed by atoms with Crippen molar-refractivity contribution in [3.05, 3.63) is 78.1 Å². The molecule has 1 aromatic heterocycles. The minimum atomic E-state index is 0.427. The first kappa shape index (κ1) is 13.8. The summed E-state index contributed by atoms with van der Waals surface area (Å²) in [4.78, 5) is 8.37. The second-order valence-corrected chi connectivity index (χ2v) is 4.67. The van der Waals surface area contributed by atoms with Crippen molar-refractivity contribution in [1.29, 1.82) is 5.26 Å². The van der Waals surface area contributed by atoms with Crippen LogP contribution in [-0.2, 0) is 6.61 Å². The molecule has 22 heavy (non-hydrogen) atoms. The fourth-order valence-corrected chi connectivity index (χ4v) is 2.07. The minimum Gasteiger partial charge on any atom is -0.488 e. The molecule has 2 aromatic carbocycles. The first-order chi connectivity index (χ1) is 10.9. The van der Waals surface area contributed by atoms with Crippen LogP contribution in [0.3, 0.4) is 0 Å². The van der Waals surface area contributed by atoms with Crippen molar-refractivity contribution in [2.24, 2.45) is 0 Å². The molecule has 3 rings (SSSR count). The number of aromatic nitrogens is 2. The van der Waals surface area contributed by atoms with E-state index in [0.717, 1.165) is 11.1 Å². The molecule has 0 spiro atoms. The minimum absolute atomic E-state index is 0.427. The molecule has 0 saturated heterocycles. The van der Waals surface area contributed by atoms with Gasteiger partial charge < -0.3 is 4.74 Å². The molecule has 106 valence electrons. The number of nitrogens with zero attached hydrogens (tertiary/aromatic N) is 3.